The van der Waals surface area contributed by atoms with Crippen LogP contribution < -0.4 is 0 Å². The van der Waals surface area contributed by atoms with Crippen LogP contribution in [0.4, 0.5) is 0 Å². The standard InChI is InChI=1S/C22H25N3O2S/c1-15(2)16-5-7-17(8-6-16)22-23-20(27-24-22)11-12-21(26)25(18-9-10-18)14-19-4-3-13-28-19/h3-8,13,15,18H,9-12,14H2,1-2H3. The Morgan fingerprint density at radius 2 is 2.04 bits per heavy atom. The molecule has 6 heteroatoms. The van der Waals surface area contributed by atoms with Crippen LogP contribution in [0.25, 0.3) is 11.4 Å². The third-order valence-corrected chi connectivity index (χ3v) is 5.93. The van der Waals surface area contributed by atoms with Gasteiger partial charge in [0.05, 0.1) is 6.54 Å². The van der Waals surface area contributed by atoms with Gasteiger partial charge in [0.15, 0.2) is 0 Å². The monoisotopic (exact) mass is 395 g/mol. The largest absolute Gasteiger partial charge is 0.339 e. The Bertz CT molecular complexity index is 912. The molecule has 3 aromatic rings. The minimum Gasteiger partial charge on any atom is -0.339 e. The van der Waals surface area contributed by atoms with Crippen molar-refractivity contribution in [2.75, 3.05) is 0 Å². The van der Waals surface area contributed by atoms with Gasteiger partial charge in [0.1, 0.15) is 0 Å². The average Bonchev–Trinajstić information content (AvgIpc) is 3.20. The van der Waals surface area contributed by atoms with Crippen molar-refractivity contribution >= 4 is 17.2 Å². The van der Waals surface area contributed by atoms with Gasteiger partial charge >= 0.3 is 0 Å². The first-order valence-corrected chi connectivity index (χ1v) is 10.7. The lowest BCUT2D eigenvalue weighted by Crippen LogP contribution is -2.32. The topological polar surface area (TPSA) is 59.2 Å². The first-order chi connectivity index (χ1) is 13.6. The second kappa shape index (κ2) is 8.27. The van der Waals surface area contributed by atoms with Gasteiger partial charge in [-0.2, -0.15) is 4.98 Å². The summed E-state index contributed by atoms with van der Waals surface area (Å²) in [5.41, 5.74) is 2.21. The third kappa shape index (κ3) is 4.50. The van der Waals surface area contributed by atoms with Crippen molar-refractivity contribution in [3.05, 3.63) is 58.1 Å². The van der Waals surface area contributed by atoms with E-state index in [1.807, 2.05) is 23.1 Å². The summed E-state index contributed by atoms with van der Waals surface area (Å²) < 4.78 is 5.38. The minimum absolute atomic E-state index is 0.164. The van der Waals surface area contributed by atoms with Gasteiger partial charge in [0.2, 0.25) is 17.6 Å². The van der Waals surface area contributed by atoms with E-state index in [-0.39, 0.29) is 5.91 Å². The number of benzene rings is 1. The molecule has 0 aliphatic heterocycles. The van der Waals surface area contributed by atoms with E-state index >= 15 is 0 Å². The minimum atomic E-state index is 0.164. The van der Waals surface area contributed by atoms with Crippen molar-refractivity contribution in [1.29, 1.82) is 0 Å². The number of hydrogen-bond acceptors (Lipinski definition) is 5. The molecule has 2 aromatic heterocycles. The highest BCUT2D eigenvalue weighted by atomic mass is 32.1. The Hall–Kier alpha value is -2.47. The first kappa shape index (κ1) is 18.9. The lowest BCUT2D eigenvalue weighted by Gasteiger charge is -2.21. The van der Waals surface area contributed by atoms with Gasteiger partial charge in [-0.15, -0.1) is 11.3 Å². The summed E-state index contributed by atoms with van der Waals surface area (Å²) in [6.45, 7) is 5.04. The Kier molecular flexibility index (Phi) is 5.57. The highest BCUT2D eigenvalue weighted by Crippen LogP contribution is 2.30. The van der Waals surface area contributed by atoms with Gasteiger partial charge < -0.3 is 9.42 Å². The second-order valence-corrected chi connectivity index (χ2v) is 8.65. The summed E-state index contributed by atoms with van der Waals surface area (Å²) >= 11 is 1.70. The van der Waals surface area contributed by atoms with Gasteiger partial charge in [-0.3, -0.25) is 4.79 Å². The molecule has 1 aliphatic rings. The summed E-state index contributed by atoms with van der Waals surface area (Å²) in [6, 6.07) is 12.7. The van der Waals surface area contributed by atoms with Crippen LogP contribution in [0, 0.1) is 0 Å². The number of nitrogens with zero attached hydrogens (tertiary/aromatic N) is 3. The summed E-state index contributed by atoms with van der Waals surface area (Å²) in [6.07, 6.45) is 3.09. The Morgan fingerprint density at radius 1 is 1.25 bits per heavy atom. The molecule has 0 N–H and O–H groups in total. The summed E-state index contributed by atoms with van der Waals surface area (Å²) in [7, 11) is 0. The number of rotatable bonds is 8. The van der Waals surface area contributed by atoms with E-state index < -0.39 is 0 Å². The number of hydrogen-bond donors (Lipinski definition) is 0. The molecule has 28 heavy (non-hydrogen) atoms. The molecule has 1 aliphatic carbocycles. The fraction of sp³-hybridized carbons (Fsp3) is 0.409. The van der Waals surface area contributed by atoms with Crippen LogP contribution in [0.5, 0.6) is 0 Å². The van der Waals surface area contributed by atoms with Crippen LogP contribution in [-0.2, 0) is 17.8 Å². The van der Waals surface area contributed by atoms with Gasteiger partial charge in [-0.25, -0.2) is 0 Å². The van der Waals surface area contributed by atoms with Crippen molar-refractivity contribution in [3.63, 3.8) is 0 Å². The van der Waals surface area contributed by atoms with E-state index in [0.717, 1.165) is 18.4 Å². The third-order valence-electron chi connectivity index (χ3n) is 5.07. The van der Waals surface area contributed by atoms with Crippen molar-refractivity contribution in [2.24, 2.45) is 0 Å². The maximum atomic E-state index is 12.7. The number of carbonyl (C=O) groups is 1. The van der Waals surface area contributed by atoms with E-state index in [1.165, 1.54) is 10.4 Å². The predicted molar refractivity (Wildman–Crippen MR) is 110 cm³/mol. The Balaban J connectivity index is 1.36. The fourth-order valence-electron chi connectivity index (χ4n) is 3.23. The fourth-order valence-corrected chi connectivity index (χ4v) is 3.93. The van der Waals surface area contributed by atoms with Crippen molar-refractivity contribution in [2.45, 2.75) is 58.0 Å². The van der Waals surface area contributed by atoms with Crippen LogP contribution in [0.2, 0.25) is 0 Å². The molecule has 0 unspecified atom stereocenters. The molecule has 0 atom stereocenters. The molecule has 1 saturated carbocycles. The molecule has 146 valence electrons. The zero-order valence-electron chi connectivity index (χ0n) is 16.3. The quantitative estimate of drug-likeness (QED) is 0.536. The predicted octanol–water partition coefficient (Wildman–Crippen LogP) is 5.05. The molecule has 0 saturated heterocycles. The van der Waals surface area contributed by atoms with Crippen molar-refractivity contribution in [1.82, 2.24) is 15.0 Å². The number of amides is 1. The zero-order valence-corrected chi connectivity index (χ0v) is 17.1. The first-order valence-electron chi connectivity index (χ1n) is 9.85. The Morgan fingerprint density at radius 3 is 2.68 bits per heavy atom. The normalized spacial score (nSPS) is 13.8. The van der Waals surface area contributed by atoms with Crippen LogP contribution >= 0.6 is 11.3 Å². The lowest BCUT2D eigenvalue weighted by molar-refractivity contribution is -0.132. The van der Waals surface area contributed by atoms with Crippen LogP contribution in [0.1, 0.15) is 55.4 Å². The molecule has 1 fully saturated rings. The number of aromatic nitrogens is 2. The SMILES string of the molecule is CC(C)c1ccc(-c2noc(CCC(=O)N(Cc3cccs3)C3CC3)n2)cc1. The smallest absolute Gasteiger partial charge is 0.227 e. The van der Waals surface area contributed by atoms with E-state index in [9.17, 15) is 4.79 Å². The molecule has 1 amide bonds. The van der Waals surface area contributed by atoms with Crippen LogP contribution in [-0.4, -0.2) is 27.0 Å². The van der Waals surface area contributed by atoms with Crippen LogP contribution in [0.15, 0.2) is 46.3 Å². The second-order valence-electron chi connectivity index (χ2n) is 7.62. The molecule has 0 spiro atoms. The molecule has 1 aromatic carbocycles. The average molecular weight is 396 g/mol. The number of thiophene rings is 1. The van der Waals surface area contributed by atoms with Gasteiger partial charge in [-0.05, 0) is 35.8 Å². The molecule has 5 nitrogen and oxygen atoms in total. The van der Waals surface area contributed by atoms with E-state index in [1.54, 1.807) is 11.3 Å². The van der Waals surface area contributed by atoms with Crippen molar-refractivity contribution < 1.29 is 9.32 Å². The summed E-state index contributed by atoms with van der Waals surface area (Å²) in [5.74, 6) is 1.75. The van der Waals surface area contributed by atoms with Gasteiger partial charge in [0, 0.05) is 29.3 Å². The summed E-state index contributed by atoms with van der Waals surface area (Å²) in [4.78, 5) is 20.5. The highest BCUT2D eigenvalue weighted by molar-refractivity contribution is 7.09. The molecular weight excluding hydrogens is 370 g/mol. The lowest BCUT2D eigenvalue weighted by atomic mass is 10.0. The summed E-state index contributed by atoms with van der Waals surface area (Å²) in [5, 5.41) is 6.14. The molecular formula is C22H25N3O2S. The zero-order chi connectivity index (χ0) is 19.5. The molecule has 0 bridgehead atoms. The number of carbonyl (C=O) groups excluding carboxylic acids is 1. The molecule has 0 radical (unpaired) electrons. The van der Waals surface area contributed by atoms with Gasteiger partial charge in [-0.1, -0.05) is 49.3 Å². The van der Waals surface area contributed by atoms with E-state index in [2.05, 4.69) is 47.6 Å². The van der Waals surface area contributed by atoms with Crippen LogP contribution in [0.3, 0.4) is 0 Å². The van der Waals surface area contributed by atoms with E-state index in [4.69, 9.17) is 4.52 Å². The van der Waals surface area contributed by atoms with Gasteiger partial charge in [0.25, 0.3) is 0 Å². The van der Waals surface area contributed by atoms with E-state index in [0.29, 0.717) is 43.1 Å². The highest BCUT2D eigenvalue weighted by Gasteiger charge is 2.32. The maximum absolute atomic E-state index is 12.7. The number of aryl methyl sites for hydroxylation is 1. The van der Waals surface area contributed by atoms with Crippen molar-refractivity contribution in [3.8, 4) is 11.4 Å². The Labute approximate surface area is 169 Å². The molecule has 4 rings (SSSR count). The maximum Gasteiger partial charge on any atom is 0.227 e. The molecule has 2 heterocycles.